The van der Waals surface area contributed by atoms with Crippen LogP contribution < -0.4 is 4.90 Å². The molecule has 1 aliphatic heterocycles. The SMILES string of the molecule is CN1C(=O)Cc2cc(-c3cncc(CO)c3)ccc21. The van der Waals surface area contributed by atoms with Gasteiger partial charge in [-0.3, -0.25) is 9.78 Å². The molecule has 0 saturated carbocycles. The van der Waals surface area contributed by atoms with Crippen molar-refractivity contribution in [3.63, 3.8) is 0 Å². The second kappa shape index (κ2) is 4.48. The first-order chi connectivity index (χ1) is 9.19. The Morgan fingerprint density at radius 3 is 2.89 bits per heavy atom. The Bertz CT molecular complexity index is 652. The van der Waals surface area contributed by atoms with Crippen molar-refractivity contribution in [3.05, 3.63) is 47.8 Å². The van der Waals surface area contributed by atoms with E-state index in [0.29, 0.717) is 6.42 Å². The number of nitrogens with zero attached hydrogens (tertiary/aromatic N) is 2. The molecule has 0 radical (unpaired) electrons. The highest BCUT2D eigenvalue weighted by Crippen LogP contribution is 2.31. The van der Waals surface area contributed by atoms with Gasteiger partial charge >= 0.3 is 0 Å². The minimum atomic E-state index is -0.0208. The van der Waals surface area contributed by atoms with Crippen molar-refractivity contribution in [1.29, 1.82) is 0 Å². The van der Waals surface area contributed by atoms with Crippen LogP contribution in [0.5, 0.6) is 0 Å². The van der Waals surface area contributed by atoms with Crippen molar-refractivity contribution in [1.82, 2.24) is 4.98 Å². The van der Waals surface area contributed by atoms with Crippen molar-refractivity contribution in [2.75, 3.05) is 11.9 Å². The molecule has 0 bridgehead atoms. The summed E-state index contributed by atoms with van der Waals surface area (Å²) in [5.41, 5.74) is 4.77. The maximum atomic E-state index is 11.7. The zero-order valence-electron chi connectivity index (χ0n) is 10.6. The average Bonchev–Trinajstić information content (AvgIpc) is 2.73. The molecule has 1 N–H and O–H groups in total. The van der Waals surface area contributed by atoms with Crippen LogP contribution in [-0.2, 0) is 17.8 Å². The van der Waals surface area contributed by atoms with Gasteiger partial charge in [0.25, 0.3) is 0 Å². The Morgan fingerprint density at radius 2 is 2.11 bits per heavy atom. The van der Waals surface area contributed by atoms with Crippen LogP contribution in [0.1, 0.15) is 11.1 Å². The predicted octanol–water partition coefficient (Wildman–Crippen LogP) is 1.76. The quantitative estimate of drug-likeness (QED) is 0.888. The number of aliphatic hydroxyl groups excluding tert-OH is 1. The predicted molar refractivity (Wildman–Crippen MR) is 72.7 cm³/mol. The minimum absolute atomic E-state index is 0.0208. The lowest BCUT2D eigenvalue weighted by atomic mass is 10.0. The van der Waals surface area contributed by atoms with Gasteiger partial charge in [-0.2, -0.15) is 0 Å². The summed E-state index contributed by atoms with van der Waals surface area (Å²) in [6.45, 7) is -0.0208. The molecule has 3 rings (SSSR count). The van der Waals surface area contributed by atoms with E-state index in [4.69, 9.17) is 5.11 Å². The van der Waals surface area contributed by atoms with Crippen LogP contribution >= 0.6 is 0 Å². The molecule has 2 heterocycles. The number of carbonyl (C=O) groups excluding carboxylic acids is 1. The van der Waals surface area contributed by atoms with E-state index in [9.17, 15) is 4.79 Å². The first kappa shape index (κ1) is 11.9. The van der Waals surface area contributed by atoms with Crippen LogP contribution in [0.25, 0.3) is 11.1 Å². The average molecular weight is 254 g/mol. The third-order valence-electron chi connectivity index (χ3n) is 3.47. The molecule has 4 heteroatoms. The summed E-state index contributed by atoms with van der Waals surface area (Å²) in [6, 6.07) is 7.87. The van der Waals surface area contributed by atoms with Gasteiger partial charge in [0.05, 0.1) is 13.0 Å². The topological polar surface area (TPSA) is 53.4 Å². The Balaban J connectivity index is 2.03. The molecule has 4 nitrogen and oxygen atoms in total. The second-order valence-corrected chi connectivity index (χ2v) is 4.71. The van der Waals surface area contributed by atoms with E-state index in [-0.39, 0.29) is 12.5 Å². The van der Waals surface area contributed by atoms with Crippen LogP contribution in [0, 0.1) is 0 Å². The monoisotopic (exact) mass is 254 g/mol. The van der Waals surface area contributed by atoms with Gasteiger partial charge in [0.1, 0.15) is 0 Å². The molecule has 0 unspecified atom stereocenters. The molecule has 2 aromatic rings. The fourth-order valence-corrected chi connectivity index (χ4v) is 2.38. The summed E-state index contributed by atoms with van der Waals surface area (Å²) in [4.78, 5) is 17.5. The number of anilines is 1. The van der Waals surface area contributed by atoms with Gasteiger partial charge in [0.15, 0.2) is 0 Å². The summed E-state index contributed by atoms with van der Waals surface area (Å²) in [5.74, 6) is 0.120. The minimum Gasteiger partial charge on any atom is -0.392 e. The van der Waals surface area contributed by atoms with Gasteiger partial charge in [0.2, 0.25) is 5.91 Å². The number of benzene rings is 1. The highest BCUT2D eigenvalue weighted by molar-refractivity contribution is 6.01. The summed E-state index contributed by atoms with van der Waals surface area (Å²) in [6.07, 6.45) is 3.86. The number of carbonyl (C=O) groups is 1. The third-order valence-corrected chi connectivity index (χ3v) is 3.47. The molecule has 96 valence electrons. The molecule has 19 heavy (non-hydrogen) atoms. The number of fused-ring (bicyclic) bond motifs is 1. The number of likely N-dealkylation sites (N-methyl/N-ethyl adjacent to an activating group) is 1. The van der Waals surface area contributed by atoms with Crippen molar-refractivity contribution in [2.45, 2.75) is 13.0 Å². The van der Waals surface area contributed by atoms with E-state index in [2.05, 4.69) is 4.98 Å². The summed E-state index contributed by atoms with van der Waals surface area (Å²) < 4.78 is 0. The van der Waals surface area contributed by atoms with E-state index >= 15 is 0 Å². The first-order valence-corrected chi connectivity index (χ1v) is 6.13. The molecule has 0 saturated heterocycles. The van der Waals surface area contributed by atoms with Gasteiger partial charge in [0, 0.05) is 30.7 Å². The Morgan fingerprint density at radius 1 is 1.26 bits per heavy atom. The van der Waals surface area contributed by atoms with Crippen molar-refractivity contribution in [2.24, 2.45) is 0 Å². The van der Waals surface area contributed by atoms with Crippen molar-refractivity contribution >= 4 is 11.6 Å². The van der Waals surface area contributed by atoms with E-state index < -0.39 is 0 Å². The van der Waals surface area contributed by atoms with Crippen LogP contribution in [0.4, 0.5) is 5.69 Å². The number of rotatable bonds is 2. The van der Waals surface area contributed by atoms with Crippen LogP contribution in [-0.4, -0.2) is 23.0 Å². The number of pyridine rings is 1. The molecular weight excluding hydrogens is 240 g/mol. The van der Waals surface area contributed by atoms with E-state index in [1.807, 2.05) is 24.3 Å². The van der Waals surface area contributed by atoms with Crippen molar-refractivity contribution < 1.29 is 9.90 Å². The van der Waals surface area contributed by atoms with Gasteiger partial charge in [-0.25, -0.2) is 0 Å². The fraction of sp³-hybridized carbons (Fsp3) is 0.200. The first-order valence-electron chi connectivity index (χ1n) is 6.13. The molecule has 0 atom stereocenters. The lowest BCUT2D eigenvalue weighted by molar-refractivity contribution is -0.117. The lowest BCUT2D eigenvalue weighted by Gasteiger charge is -2.10. The van der Waals surface area contributed by atoms with Crippen LogP contribution in [0.2, 0.25) is 0 Å². The normalized spacial score (nSPS) is 13.8. The Hall–Kier alpha value is -2.20. The Labute approximate surface area is 111 Å². The number of aliphatic hydroxyl groups is 1. The molecule has 0 spiro atoms. The molecule has 1 amide bonds. The molecule has 0 fully saturated rings. The summed E-state index contributed by atoms with van der Waals surface area (Å²) in [7, 11) is 1.79. The van der Waals surface area contributed by atoms with E-state index in [0.717, 1.165) is 27.9 Å². The van der Waals surface area contributed by atoms with Crippen LogP contribution in [0.3, 0.4) is 0 Å². The molecular formula is C15H14N2O2. The van der Waals surface area contributed by atoms with E-state index in [1.165, 1.54) is 0 Å². The van der Waals surface area contributed by atoms with E-state index in [1.54, 1.807) is 24.3 Å². The zero-order chi connectivity index (χ0) is 13.4. The Kier molecular flexibility index (Phi) is 2.80. The lowest BCUT2D eigenvalue weighted by Crippen LogP contribution is -2.20. The molecule has 1 aliphatic rings. The number of aromatic nitrogens is 1. The summed E-state index contributed by atoms with van der Waals surface area (Å²) >= 11 is 0. The fourth-order valence-electron chi connectivity index (χ4n) is 2.38. The largest absolute Gasteiger partial charge is 0.392 e. The highest BCUT2D eigenvalue weighted by Gasteiger charge is 2.23. The highest BCUT2D eigenvalue weighted by atomic mass is 16.3. The molecule has 1 aromatic carbocycles. The third kappa shape index (κ3) is 2.00. The zero-order valence-corrected chi connectivity index (χ0v) is 10.6. The van der Waals surface area contributed by atoms with Gasteiger partial charge in [-0.15, -0.1) is 0 Å². The van der Waals surface area contributed by atoms with Crippen molar-refractivity contribution in [3.8, 4) is 11.1 Å². The summed E-state index contributed by atoms with van der Waals surface area (Å²) in [5, 5.41) is 9.14. The van der Waals surface area contributed by atoms with Gasteiger partial charge in [-0.05, 0) is 34.9 Å². The standard InChI is InChI=1S/C15H14N2O2/c1-17-14-3-2-11(5-12(14)6-15(17)19)13-4-10(9-18)7-16-8-13/h2-5,7-8,18H,6,9H2,1H3. The van der Waals surface area contributed by atoms with Crippen LogP contribution in [0.15, 0.2) is 36.7 Å². The number of amides is 1. The number of hydrogen-bond acceptors (Lipinski definition) is 3. The number of hydrogen-bond donors (Lipinski definition) is 1. The molecule has 1 aromatic heterocycles. The maximum absolute atomic E-state index is 11.7. The maximum Gasteiger partial charge on any atom is 0.231 e. The van der Waals surface area contributed by atoms with Gasteiger partial charge < -0.3 is 10.0 Å². The molecule has 0 aliphatic carbocycles. The smallest absolute Gasteiger partial charge is 0.231 e. The second-order valence-electron chi connectivity index (χ2n) is 4.71. The van der Waals surface area contributed by atoms with Gasteiger partial charge in [-0.1, -0.05) is 6.07 Å².